The van der Waals surface area contributed by atoms with Crippen molar-refractivity contribution in [3.63, 3.8) is 0 Å². The summed E-state index contributed by atoms with van der Waals surface area (Å²) in [5.74, 6) is -0.603. The third kappa shape index (κ3) is 3.66. The largest absolute Gasteiger partial charge is 0.481 e. The van der Waals surface area contributed by atoms with E-state index in [0.29, 0.717) is 0 Å². The molecule has 0 bridgehead atoms. The smallest absolute Gasteiger partial charge is 0.305 e. The van der Waals surface area contributed by atoms with Crippen molar-refractivity contribution in [2.75, 3.05) is 11.9 Å². The van der Waals surface area contributed by atoms with E-state index in [1.54, 1.807) is 0 Å². The summed E-state index contributed by atoms with van der Waals surface area (Å²) >= 11 is 5.47. The molecule has 1 aromatic heterocycles. The van der Waals surface area contributed by atoms with E-state index in [-0.39, 0.29) is 24.2 Å². The predicted octanol–water partition coefficient (Wildman–Crippen LogP) is 0.412. The van der Waals surface area contributed by atoms with Gasteiger partial charge in [-0.2, -0.15) is 4.98 Å². The average Bonchev–Trinajstić information content (AvgIpc) is 2.03. The zero-order chi connectivity index (χ0) is 9.68. The molecule has 1 rings (SSSR count). The van der Waals surface area contributed by atoms with E-state index in [0.717, 1.165) is 0 Å². The Morgan fingerprint density at radius 1 is 1.62 bits per heavy atom. The minimum absolute atomic E-state index is 0.00328. The molecular weight excluding hydrogens is 196 g/mol. The van der Waals surface area contributed by atoms with Gasteiger partial charge in [-0.25, -0.2) is 9.97 Å². The Kier molecular flexibility index (Phi) is 3.39. The van der Waals surface area contributed by atoms with E-state index < -0.39 is 5.97 Å². The van der Waals surface area contributed by atoms with E-state index in [2.05, 4.69) is 20.3 Å². The van der Waals surface area contributed by atoms with Crippen molar-refractivity contribution in [2.45, 2.75) is 6.42 Å². The molecule has 70 valence electrons. The first kappa shape index (κ1) is 9.66. The second-order valence-corrected chi connectivity index (χ2v) is 2.49. The van der Waals surface area contributed by atoms with E-state index >= 15 is 0 Å². The van der Waals surface area contributed by atoms with Crippen LogP contribution < -0.4 is 5.32 Å². The molecule has 1 heterocycles. The maximum Gasteiger partial charge on any atom is 0.305 e. The Bertz CT molecular complexity index is 306. The highest BCUT2D eigenvalue weighted by atomic mass is 35.5. The predicted molar refractivity (Wildman–Crippen MR) is 45.6 cm³/mol. The number of aliphatic carboxylic acids is 1. The molecule has 0 unspecified atom stereocenters. The lowest BCUT2D eigenvalue weighted by Gasteiger charge is -2.00. The minimum Gasteiger partial charge on any atom is -0.481 e. The number of carbonyl (C=O) groups is 1. The molecule has 0 saturated heterocycles. The summed E-state index contributed by atoms with van der Waals surface area (Å²) in [6.07, 6.45) is 1.25. The van der Waals surface area contributed by atoms with Crippen LogP contribution in [0.5, 0.6) is 0 Å². The lowest BCUT2D eigenvalue weighted by atomic mass is 10.4. The molecule has 2 N–H and O–H groups in total. The van der Waals surface area contributed by atoms with Crippen LogP contribution >= 0.6 is 11.6 Å². The number of hydrogen-bond donors (Lipinski definition) is 2. The second kappa shape index (κ2) is 4.56. The molecule has 0 spiro atoms. The molecule has 0 aliphatic rings. The fraction of sp³-hybridized carbons (Fsp3) is 0.333. The van der Waals surface area contributed by atoms with Gasteiger partial charge in [-0.3, -0.25) is 4.79 Å². The highest BCUT2D eigenvalue weighted by molar-refractivity contribution is 6.28. The van der Waals surface area contributed by atoms with Crippen molar-refractivity contribution in [1.29, 1.82) is 0 Å². The number of aromatic nitrogens is 3. The van der Waals surface area contributed by atoms with E-state index in [9.17, 15) is 4.79 Å². The minimum atomic E-state index is -0.882. The van der Waals surface area contributed by atoms with Gasteiger partial charge in [0.1, 0.15) is 6.33 Å². The summed E-state index contributed by atoms with van der Waals surface area (Å²) in [5.41, 5.74) is 0. The fourth-order valence-electron chi connectivity index (χ4n) is 0.643. The van der Waals surface area contributed by atoms with Crippen molar-refractivity contribution in [3.05, 3.63) is 11.6 Å². The number of nitrogens with one attached hydrogen (secondary N) is 1. The first-order valence-electron chi connectivity index (χ1n) is 3.48. The number of carboxylic acid groups (broad SMARTS) is 1. The SMILES string of the molecule is O=C(O)CCNc1ncnc(Cl)n1. The molecule has 0 amide bonds. The molecule has 13 heavy (non-hydrogen) atoms. The monoisotopic (exact) mass is 202 g/mol. The van der Waals surface area contributed by atoms with Gasteiger partial charge in [0.05, 0.1) is 6.42 Å². The van der Waals surface area contributed by atoms with E-state index in [1.807, 2.05) is 0 Å². The molecule has 7 heteroatoms. The van der Waals surface area contributed by atoms with Crippen LogP contribution in [0.1, 0.15) is 6.42 Å². The maximum absolute atomic E-state index is 10.1. The van der Waals surface area contributed by atoms with Crippen LogP contribution in [0.25, 0.3) is 0 Å². The molecule has 0 radical (unpaired) electrons. The van der Waals surface area contributed by atoms with Gasteiger partial charge in [0, 0.05) is 6.54 Å². The molecule has 0 fully saturated rings. The first-order chi connectivity index (χ1) is 6.18. The van der Waals surface area contributed by atoms with Gasteiger partial charge in [-0.05, 0) is 11.6 Å². The van der Waals surface area contributed by atoms with Crippen LogP contribution in [-0.2, 0) is 4.79 Å². The molecule has 0 saturated carbocycles. The molecule has 6 nitrogen and oxygen atoms in total. The fourth-order valence-corrected chi connectivity index (χ4v) is 0.766. The Hall–Kier alpha value is -1.43. The third-order valence-electron chi connectivity index (χ3n) is 1.16. The second-order valence-electron chi connectivity index (χ2n) is 2.15. The van der Waals surface area contributed by atoms with Gasteiger partial charge in [-0.15, -0.1) is 0 Å². The van der Waals surface area contributed by atoms with Gasteiger partial charge < -0.3 is 10.4 Å². The quantitative estimate of drug-likeness (QED) is 0.735. The highest BCUT2D eigenvalue weighted by Crippen LogP contribution is 2.01. The summed E-state index contributed by atoms with van der Waals surface area (Å²) in [4.78, 5) is 21.1. The average molecular weight is 203 g/mol. The number of rotatable bonds is 4. The number of hydrogen-bond acceptors (Lipinski definition) is 5. The summed E-state index contributed by atoms with van der Waals surface area (Å²) in [6.45, 7) is 0.260. The topological polar surface area (TPSA) is 88.0 Å². The van der Waals surface area contributed by atoms with Crippen molar-refractivity contribution in [2.24, 2.45) is 0 Å². The van der Waals surface area contributed by atoms with Crippen LogP contribution in [0, 0.1) is 0 Å². The molecule has 0 aromatic carbocycles. The summed E-state index contributed by atoms with van der Waals surface area (Å²) in [6, 6.07) is 0. The van der Waals surface area contributed by atoms with E-state index in [1.165, 1.54) is 6.33 Å². The van der Waals surface area contributed by atoms with Crippen LogP contribution in [0.2, 0.25) is 5.28 Å². The van der Waals surface area contributed by atoms with Gasteiger partial charge >= 0.3 is 5.97 Å². The summed E-state index contributed by atoms with van der Waals surface area (Å²) in [7, 11) is 0. The Morgan fingerprint density at radius 3 is 3.00 bits per heavy atom. The standard InChI is InChI=1S/C6H7ClN4O2/c7-5-9-3-10-6(11-5)8-2-1-4(12)13/h3H,1-2H2,(H,12,13)(H,8,9,10,11). The number of halogens is 1. The van der Waals surface area contributed by atoms with Gasteiger partial charge in [0.2, 0.25) is 11.2 Å². The molecule has 0 aliphatic heterocycles. The summed E-state index contributed by atoms with van der Waals surface area (Å²) < 4.78 is 0. The van der Waals surface area contributed by atoms with Gasteiger partial charge in [0.15, 0.2) is 0 Å². The number of anilines is 1. The Morgan fingerprint density at radius 2 is 2.38 bits per heavy atom. The Labute approximate surface area is 79.0 Å². The first-order valence-corrected chi connectivity index (χ1v) is 3.86. The van der Waals surface area contributed by atoms with Crippen LogP contribution in [0.3, 0.4) is 0 Å². The number of nitrogens with zero attached hydrogens (tertiary/aromatic N) is 3. The molecular formula is C6H7ClN4O2. The normalized spacial score (nSPS) is 9.62. The van der Waals surface area contributed by atoms with Crippen molar-refractivity contribution >= 4 is 23.5 Å². The third-order valence-corrected chi connectivity index (χ3v) is 1.35. The molecule has 0 atom stereocenters. The zero-order valence-electron chi connectivity index (χ0n) is 6.57. The Balaban J connectivity index is 2.41. The van der Waals surface area contributed by atoms with Gasteiger partial charge in [-0.1, -0.05) is 0 Å². The van der Waals surface area contributed by atoms with Crippen LogP contribution in [0.4, 0.5) is 5.95 Å². The van der Waals surface area contributed by atoms with Crippen molar-refractivity contribution in [1.82, 2.24) is 15.0 Å². The molecule has 1 aromatic rings. The maximum atomic E-state index is 10.1. The highest BCUT2D eigenvalue weighted by Gasteiger charge is 1.99. The summed E-state index contributed by atoms with van der Waals surface area (Å²) in [5, 5.41) is 11.1. The number of carboxylic acids is 1. The van der Waals surface area contributed by atoms with Crippen LogP contribution in [-0.4, -0.2) is 32.6 Å². The zero-order valence-corrected chi connectivity index (χ0v) is 7.32. The lowest BCUT2D eigenvalue weighted by molar-refractivity contribution is -0.136. The molecule has 0 aliphatic carbocycles. The van der Waals surface area contributed by atoms with Crippen LogP contribution in [0.15, 0.2) is 6.33 Å². The lowest BCUT2D eigenvalue weighted by Crippen LogP contribution is -2.09. The van der Waals surface area contributed by atoms with Gasteiger partial charge in [0.25, 0.3) is 0 Å². The van der Waals surface area contributed by atoms with Crippen molar-refractivity contribution < 1.29 is 9.90 Å². The van der Waals surface area contributed by atoms with Crippen molar-refractivity contribution in [3.8, 4) is 0 Å². The van der Waals surface area contributed by atoms with E-state index in [4.69, 9.17) is 16.7 Å².